The minimum absolute atomic E-state index is 0.0803. The summed E-state index contributed by atoms with van der Waals surface area (Å²) in [6, 6.07) is 8.77. The summed E-state index contributed by atoms with van der Waals surface area (Å²) in [6.45, 7) is 2.99. The van der Waals surface area contributed by atoms with E-state index in [4.69, 9.17) is 9.47 Å². The Bertz CT molecular complexity index is 913. The van der Waals surface area contributed by atoms with E-state index in [0.717, 1.165) is 47.5 Å². The molecule has 1 atom stereocenters. The van der Waals surface area contributed by atoms with Crippen molar-refractivity contribution in [2.45, 2.75) is 25.0 Å². The van der Waals surface area contributed by atoms with E-state index in [9.17, 15) is 0 Å². The number of fused-ring (bicyclic) bond motifs is 1. The minimum Gasteiger partial charge on any atom is -0.490 e. The van der Waals surface area contributed by atoms with Gasteiger partial charge in [0.2, 0.25) is 0 Å². The van der Waals surface area contributed by atoms with Gasteiger partial charge in [-0.15, -0.1) is 0 Å². The molecule has 2 aliphatic rings. The molecule has 2 fully saturated rings. The average Bonchev–Trinajstić information content (AvgIpc) is 3.43. The molecule has 2 aromatic heterocycles. The lowest BCUT2D eigenvalue weighted by atomic mass is 10.1. The van der Waals surface area contributed by atoms with E-state index in [1.165, 1.54) is 12.8 Å². The third-order valence-corrected chi connectivity index (χ3v) is 4.97. The van der Waals surface area contributed by atoms with Crippen LogP contribution in [0.25, 0.3) is 22.0 Å². The number of hydrogen-bond acceptors (Lipinski definition) is 5. The lowest BCUT2D eigenvalue weighted by Crippen LogP contribution is -2.41. The number of nitrogens with one attached hydrogen (secondary N) is 1. The van der Waals surface area contributed by atoms with Gasteiger partial charge in [0.1, 0.15) is 18.5 Å². The molecule has 5 rings (SSSR count). The van der Waals surface area contributed by atoms with Gasteiger partial charge < -0.3 is 14.8 Å². The monoisotopic (exact) mass is 350 g/mol. The Hall–Kier alpha value is -2.44. The van der Waals surface area contributed by atoms with Crippen LogP contribution in [0, 0.1) is 0 Å². The first-order chi connectivity index (χ1) is 12.9. The molecular formula is C20H22N4O2. The van der Waals surface area contributed by atoms with E-state index < -0.39 is 0 Å². The maximum atomic E-state index is 6.16. The molecule has 0 unspecified atom stereocenters. The summed E-state index contributed by atoms with van der Waals surface area (Å²) in [4.78, 5) is 4.53. The molecule has 1 aromatic carbocycles. The summed E-state index contributed by atoms with van der Waals surface area (Å²) in [7, 11) is 0. The Balaban J connectivity index is 1.46. The van der Waals surface area contributed by atoms with E-state index >= 15 is 0 Å². The van der Waals surface area contributed by atoms with Crippen LogP contribution in [-0.2, 0) is 4.74 Å². The second-order valence-corrected chi connectivity index (χ2v) is 6.99. The van der Waals surface area contributed by atoms with Crippen LogP contribution in [-0.4, -0.2) is 47.2 Å². The van der Waals surface area contributed by atoms with Crippen LogP contribution in [0.15, 0.2) is 42.9 Å². The fourth-order valence-corrected chi connectivity index (χ4v) is 3.37. The highest BCUT2D eigenvalue weighted by atomic mass is 16.5. The third kappa shape index (κ3) is 3.18. The number of nitrogens with zero attached hydrogens (tertiary/aromatic N) is 3. The molecule has 0 spiro atoms. The second-order valence-electron chi connectivity index (χ2n) is 6.99. The average molecular weight is 350 g/mol. The first-order valence-corrected chi connectivity index (χ1v) is 9.25. The van der Waals surface area contributed by atoms with Gasteiger partial charge in [-0.05, 0) is 42.7 Å². The van der Waals surface area contributed by atoms with Crippen LogP contribution in [0.3, 0.4) is 0 Å². The summed E-state index contributed by atoms with van der Waals surface area (Å²) in [6.07, 6.45) is 8.41. The lowest BCUT2D eigenvalue weighted by molar-refractivity contribution is 0.000518. The molecule has 1 aliphatic carbocycles. The third-order valence-electron chi connectivity index (χ3n) is 4.97. The molecule has 0 radical (unpaired) electrons. The summed E-state index contributed by atoms with van der Waals surface area (Å²) in [5.41, 5.74) is 3.12. The standard InChI is InChI=1S/C20H22N4O2/c1-2-18-19(22-5-1)8-14(15-10-23-24(12-15)16-3-4-16)9-20(18)26-13-17-11-21-6-7-25-17/h1-2,5,8-10,12,16-17,21H,3-4,6-7,11,13H2/t17-/m0/s1. The van der Waals surface area contributed by atoms with Crippen molar-refractivity contribution in [2.24, 2.45) is 0 Å². The summed E-state index contributed by atoms with van der Waals surface area (Å²) < 4.78 is 14.0. The smallest absolute Gasteiger partial charge is 0.129 e. The Morgan fingerprint density at radius 3 is 3.08 bits per heavy atom. The Kier molecular flexibility index (Phi) is 4.07. The molecule has 1 aliphatic heterocycles. The van der Waals surface area contributed by atoms with Gasteiger partial charge in [-0.1, -0.05) is 0 Å². The SMILES string of the molecule is c1cnc2cc(-c3cnn(C4CC4)c3)cc(OC[C@@H]3CNCCO3)c2c1. The highest BCUT2D eigenvalue weighted by Gasteiger charge is 2.24. The summed E-state index contributed by atoms with van der Waals surface area (Å²) in [5.74, 6) is 0.846. The van der Waals surface area contributed by atoms with E-state index in [1.54, 1.807) is 0 Å². The van der Waals surface area contributed by atoms with Gasteiger partial charge in [-0.2, -0.15) is 5.10 Å². The number of pyridine rings is 1. The number of rotatable bonds is 5. The van der Waals surface area contributed by atoms with Gasteiger partial charge in [0.15, 0.2) is 0 Å². The second kappa shape index (κ2) is 6.70. The largest absolute Gasteiger partial charge is 0.490 e. The molecule has 1 N–H and O–H groups in total. The van der Waals surface area contributed by atoms with Crippen molar-refractivity contribution in [2.75, 3.05) is 26.3 Å². The molecule has 6 heteroatoms. The zero-order valence-electron chi connectivity index (χ0n) is 14.6. The van der Waals surface area contributed by atoms with E-state index in [-0.39, 0.29) is 6.10 Å². The van der Waals surface area contributed by atoms with Crippen molar-refractivity contribution in [1.82, 2.24) is 20.1 Å². The van der Waals surface area contributed by atoms with Crippen LogP contribution in [0.5, 0.6) is 5.75 Å². The maximum absolute atomic E-state index is 6.16. The molecule has 6 nitrogen and oxygen atoms in total. The quantitative estimate of drug-likeness (QED) is 0.767. The summed E-state index contributed by atoms with van der Waals surface area (Å²) >= 11 is 0. The maximum Gasteiger partial charge on any atom is 0.129 e. The van der Waals surface area contributed by atoms with Gasteiger partial charge >= 0.3 is 0 Å². The molecule has 1 saturated carbocycles. The van der Waals surface area contributed by atoms with Crippen molar-refractivity contribution >= 4 is 10.9 Å². The Morgan fingerprint density at radius 1 is 1.27 bits per heavy atom. The first-order valence-electron chi connectivity index (χ1n) is 9.25. The zero-order valence-corrected chi connectivity index (χ0v) is 14.6. The van der Waals surface area contributed by atoms with E-state index in [0.29, 0.717) is 12.6 Å². The van der Waals surface area contributed by atoms with Crippen molar-refractivity contribution in [1.29, 1.82) is 0 Å². The number of hydrogen-bond donors (Lipinski definition) is 1. The number of aromatic nitrogens is 3. The number of morpholine rings is 1. The lowest BCUT2D eigenvalue weighted by Gasteiger charge is -2.24. The van der Waals surface area contributed by atoms with Gasteiger partial charge in [0.05, 0.1) is 24.4 Å². The number of ether oxygens (including phenoxy) is 2. The molecule has 0 bridgehead atoms. The molecule has 3 heterocycles. The molecule has 1 saturated heterocycles. The highest BCUT2D eigenvalue weighted by Crippen LogP contribution is 2.36. The van der Waals surface area contributed by atoms with Crippen LogP contribution >= 0.6 is 0 Å². The summed E-state index contributed by atoms with van der Waals surface area (Å²) in [5, 5.41) is 8.87. The van der Waals surface area contributed by atoms with Gasteiger partial charge in [-0.3, -0.25) is 9.67 Å². The van der Waals surface area contributed by atoms with E-state index in [2.05, 4.69) is 44.5 Å². The van der Waals surface area contributed by atoms with Crippen LogP contribution in [0.1, 0.15) is 18.9 Å². The molecule has 26 heavy (non-hydrogen) atoms. The molecular weight excluding hydrogens is 328 g/mol. The Morgan fingerprint density at radius 2 is 2.23 bits per heavy atom. The van der Waals surface area contributed by atoms with Crippen LogP contribution in [0.2, 0.25) is 0 Å². The Labute approximate surface area is 152 Å². The van der Waals surface area contributed by atoms with Crippen molar-refractivity contribution in [3.05, 3.63) is 42.9 Å². The van der Waals surface area contributed by atoms with Gasteiger partial charge in [0, 0.05) is 36.4 Å². The predicted octanol–water partition coefficient (Wildman–Crippen LogP) is 2.80. The minimum atomic E-state index is 0.0803. The van der Waals surface area contributed by atoms with Crippen molar-refractivity contribution in [3.8, 4) is 16.9 Å². The van der Waals surface area contributed by atoms with Crippen molar-refractivity contribution in [3.63, 3.8) is 0 Å². The zero-order chi connectivity index (χ0) is 17.3. The predicted molar refractivity (Wildman–Crippen MR) is 99.3 cm³/mol. The fourth-order valence-electron chi connectivity index (χ4n) is 3.37. The highest BCUT2D eigenvalue weighted by molar-refractivity contribution is 5.89. The molecule has 134 valence electrons. The van der Waals surface area contributed by atoms with Crippen molar-refractivity contribution < 1.29 is 9.47 Å². The van der Waals surface area contributed by atoms with Crippen LogP contribution in [0.4, 0.5) is 0 Å². The fraction of sp³-hybridized carbons (Fsp3) is 0.400. The van der Waals surface area contributed by atoms with E-state index in [1.807, 2.05) is 18.5 Å². The van der Waals surface area contributed by atoms with Gasteiger partial charge in [-0.25, -0.2) is 0 Å². The number of benzene rings is 1. The topological polar surface area (TPSA) is 61.2 Å². The normalized spacial score (nSPS) is 20.4. The van der Waals surface area contributed by atoms with Gasteiger partial charge in [0.25, 0.3) is 0 Å². The molecule has 3 aromatic rings. The first kappa shape index (κ1) is 15.8. The van der Waals surface area contributed by atoms with Crippen LogP contribution < -0.4 is 10.1 Å². The molecule has 0 amide bonds.